The van der Waals surface area contributed by atoms with Gasteiger partial charge in [-0.05, 0) is 33.6 Å². The van der Waals surface area contributed by atoms with Crippen molar-refractivity contribution in [1.29, 1.82) is 0 Å². The minimum Gasteiger partial charge on any atom is -0.444 e. The number of nitrogens with zero attached hydrogens (tertiary/aromatic N) is 3. The number of guanidine groups is 1. The second-order valence-electron chi connectivity index (χ2n) is 9.21. The highest BCUT2D eigenvalue weighted by molar-refractivity contribution is 14.0. The van der Waals surface area contributed by atoms with Gasteiger partial charge in [-0.1, -0.05) is 20.8 Å². The van der Waals surface area contributed by atoms with Crippen molar-refractivity contribution in [3.63, 3.8) is 0 Å². The lowest BCUT2D eigenvalue weighted by atomic mass is 9.93. The number of aliphatic imine (C=N–C) groups is 1. The molecule has 1 unspecified atom stereocenters. The molecule has 0 spiro atoms. The topological polar surface area (TPSA) is 78.9 Å². The highest BCUT2D eigenvalue weighted by Gasteiger charge is 2.28. The van der Waals surface area contributed by atoms with Crippen molar-refractivity contribution in [2.24, 2.45) is 4.99 Å². The van der Waals surface area contributed by atoms with Gasteiger partial charge in [-0.15, -0.1) is 35.3 Å². The first-order valence-corrected chi connectivity index (χ1v) is 10.8. The number of carbonyl (C=O) groups is 1. The molecular formula is C20H36IN5O2S. The zero-order valence-electron chi connectivity index (χ0n) is 18.7. The molecule has 2 N–H and O–H groups in total. The Balaban J connectivity index is 0.00000420. The van der Waals surface area contributed by atoms with E-state index in [1.807, 2.05) is 20.8 Å². The number of piperidine rings is 1. The smallest absolute Gasteiger partial charge is 0.410 e. The Morgan fingerprint density at radius 3 is 2.59 bits per heavy atom. The van der Waals surface area contributed by atoms with Gasteiger partial charge in [0.25, 0.3) is 0 Å². The highest BCUT2D eigenvalue weighted by Crippen LogP contribution is 2.23. The number of carbonyl (C=O) groups excluding carboxylic acids is 1. The van der Waals surface area contributed by atoms with Crippen LogP contribution in [0.15, 0.2) is 10.4 Å². The number of likely N-dealkylation sites (tertiary alicyclic amines) is 1. The van der Waals surface area contributed by atoms with Gasteiger partial charge in [0.15, 0.2) is 5.96 Å². The van der Waals surface area contributed by atoms with Crippen LogP contribution in [0.1, 0.15) is 65.1 Å². The van der Waals surface area contributed by atoms with Crippen molar-refractivity contribution in [2.45, 2.75) is 78.0 Å². The SMILES string of the molecule is CN=C(NCc1nc(C(C)(C)C)cs1)NC1CCCN(C(=O)OC(C)(C)C)C1.I. The molecule has 2 heterocycles. The molecule has 1 atom stereocenters. The molecule has 1 saturated heterocycles. The number of aromatic nitrogens is 1. The first-order valence-electron chi connectivity index (χ1n) is 9.88. The van der Waals surface area contributed by atoms with Crippen molar-refractivity contribution < 1.29 is 9.53 Å². The molecule has 29 heavy (non-hydrogen) atoms. The Kier molecular flexibility index (Phi) is 9.65. The molecule has 1 aliphatic rings. The minimum atomic E-state index is -0.478. The van der Waals surface area contributed by atoms with E-state index in [1.165, 1.54) is 0 Å². The molecule has 0 saturated carbocycles. The Hall–Kier alpha value is -1.10. The zero-order valence-corrected chi connectivity index (χ0v) is 21.8. The fraction of sp³-hybridized carbons (Fsp3) is 0.750. The molecule has 0 bridgehead atoms. The molecule has 2 rings (SSSR count). The summed E-state index contributed by atoms with van der Waals surface area (Å²) in [6.07, 6.45) is 1.68. The third-order valence-corrected chi connectivity index (χ3v) is 5.21. The van der Waals surface area contributed by atoms with Gasteiger partial charge >= 0.3 is 6.09 Å². The maximum absolute atomic E-state index is 12.3. The summed E-state index contributed by atoms with van der Waals surface area (Å²) in [5.41, 5.74) is 0.689. The average Bonchev–Trinajstić information content (AvgIpc) is 3.06. The number of nitrogens with one attached hydrogen (secondary N) is 2. The van der Waals surface area contributed by atoms with Crippen LogP contribution in [-0.4, -0.2) is 53.7 Å². The van der Waals surface area contributed by atoms with E-state index in [0.29, 0.717) is 13.1 Å². The summed E-state index contributed by atoms with van der Waals surface area (Å²) in [6, 6.07) is 0.147. The first-order chi connectivity index (χ1) is 13.0. The van der Waals surface area contributed by atoms with E-state index in [2.05, 4.69) is 41.8 Å². The van der Waals surface area contributed by atoms with E-state index in [4.69, 9.17) is 9.72 Å². The summed E-state index contributed by atoms with van der Waals surface area (Å²) in [4.78, 5) is 23.1. The van der Waals surface area contributed by atoms with Crippen LogP contribution < -0.4 is 10.6 Å². The van der Waals surface area contributed by atoms with Crippen LogP contribution in [0.25, 0.3) is 0 Å². The number of rotatable bonds is 3. The molecule has 0 aromatic carbocycles. The van der Waals surface area contributed by atoms with Crippen LogP contribution in [0.3, 0.4) is 0 Å². The van der Waals surface area contributed by atoms with Gasteiger partial charge in [-0.25, -0.2) is 9.78 Å². The van der Waals surface area contributed by atoms with Gasteiger partial charge in [0.1, 0.15) is 10.6 Å². The Morgan fingerprint density at radius 2 is 2.03 bits per heavy atom. The molecule has 1 aromatic rings. The van der Waals surface area contributed by atoms with Crippen molar-refractivity contribution in [2.75, 3.05) is 20.1 Å². The quantitative estimate of drug-likeness (QED) is 0.345. The third-order valence-electron chi connectivity index (χ3n) is 4.36. The Labute approximate surface area is 196 Å². The summed E-state index contributed by atoms with van der Waals surface area (Å²) in [5.74, 6) is 0.726. The monoisotopic (exact) mass is 537 g/mol. The summed E-state index contributed by atoms with van der Waals surface area (Å²) >= 11 is 1.66. The lowest BCUT2D eigenvalue weighted by molar-refractivity contribution is 0.0193. The van der Waals surface area contributed by atoms with Crippen LogP contribution in [0.2, 0.25) is 0 Å². The summed E-state index contributed by atoms with van der Waals surface area (Å²) < 4.78 is 5.50. The standard InChI is InChI=1S/C20H35N5O2S.HI/c1-19(2,3)15-13-28-16(24-15)11-22-17(21-7)23-14-9-8-10-25(12-14)18(26)27-20(4,5)6;/h13-14H,8-12H2,1-7H3,(H2,21,22,23);1H. The van der Waals surface area contributed by atoms with Gasteiger partial charge in [0.2, 0.25) is 0 Å². The van der Waals surface area contributed by atoms with E-state index in [0.717, 1.165) is 36.0 Å². The molecule has 0 radical (unpaired) electrons. The second kappa shape index (κ2) is 10.8. The predicted octanol–water partition coefficient (Wildman–Crippen LogP) is 4.12. The van der Waals surface area contributed by atoms with Crippen LogP contribution in [0, 0.1) is 0 Å². The normalized spacial score (nSPS) is 18.1. The van der Waals surface area contributed by atoms with Crippen molar-refractivity contribution >= 4 is 47.4 Å². The van der Waals surface area contributed by atoms with Crippen LogP contribution in [0.4, 0.5) is 4.79 Å². The number of ether oxygens (including phenoxy) is 1. The van der Waals surface area contributed by atoms with Crippen molar-refractivity contribution in [3.05, 3.63) is 16.1 Å². The average molecular weight is 538 g/mol. The molecule has 1 fully saturated rings. The van der Waals surface area contributed by atoms with Gasteiger partial charge in [-0.3, -0.25) is 4.99 Å². The Bertz CT molecular complexity index is 694. The summed E-state index contributed by atoms with van der Waals surface area (Å²) in [6.45, 7) is 14.1. The number of amides is 1. The van der Waals surface area contributed by atoms with Gasteiger partial charge < -0.3 is 20.3 Å². The van der Waals surface area contributed by atoms with Gasteiger partial charge in [-0.2, -0.15) is 0 Å². The van der Waals surface area contributed by atoms with E-state index in [1.54, 1.807) is 23.3 Å². The third kappa shape index (κ3) is 8.65. The largest absolute Gasteiger partial charge is 0.444 e. The summed E-state index contributed by atoms with van der Waals surface area (Å²) in [7, 11) is 1.76. The first kappa shape index (κ1) is 25.9. The number of hydrogen-bond acceptors (Lipinski definition) is 5. The maximum Gasteiger partial charge on any atom is 0.410 e. The molecule has 1 amide bonds. The summed E-state index contributed by atoms with van der Waals surface area (Å²) in [5, 5.41) is 9.91. The fourth-order valence-corrected chi connectivity index (χ4v) is 3.83. The van der Waals surface area contributed by atoms with Crippen molar-refractivity contribution in [1.82, 2.24) is 20.5 Å². The lowest BCUT2D eigenvalue weighted by Gasteiger charge is -2.35. The van der Waals surface area contributed by atoms with Crippen LogP contribution >= 0.6 is 35.3 Å². The molecular weight excluding hydrogens is 501 g/mol. The molecule has 0 aliphatic carbocycles. The Morgan fingerprint density at radius 1 is 1.34 bits per heavy atom. The van der Waals surface area contributed by atoms with Crippen molar-refractivity contribution in [3.8, 4) is 0 Å². The van der Waals surface area contributed by atoms with Gasteiger partial charge in [0, 0.05) is 37.0 Å². The molecule has 1 aromatic heterocycles. The minimum absolute atomic E-state index is 0. The van der Waals surface area contributed by atoms with Gasteiger partial charge in [0.05, 0.1) is 12.2 Å². The maximum atomic E-state index is 12.3. The number of thiazole rings is 1. The predicted molar refractivity (Wildman–Crippen MR) is 130 cm³/mol. The van der Waals surface area contributed by atoms with E-state index >= 15 is 0 Å². The molecule has 1 aliphatic heterocycles. The number of halogens is 1. The number of hydrogen-bond donors (Lipinski definition) is 2. The van der Waals surface area contributed by atoms with E-state index in [-0.39, 0.29) is 41.5 Å². The zero-order chi connectivity index (χ0) is 20.9. The van der Waals surface area contributed by atoms with Crippen LogP contribution in [0.5, 0.6) is 0 Å². The molecule has 9 heteroatoms. The van der Waals surface area contributed by atoms with E-state index in [9.17, 15) is 4.79 Å². The lowest BCUT2D eigenvalue weighted by Crippen LogP contribution is -2.53. The van der Waals surface area contributed by atoms with Crippen LogP contribution in [-0.2, 0) is 16.7 Å². The molecule has 7 nitrogen and oxygen atoms in total. The van der Waals surface area contributed by atoms with E-state index < -0.39 is 5.60 Å². The highest BCUT2D eigenvalue weighted by atomic mass is 127. The fourth-order valence-electron chi connectivity index (χ4n) is 2.87. The second-order valence-corrected chi connectivity index (χ2v) is 10.2. The molecule has 166 valence electrons.